The summed E-state index contributed by atoms with van der Waals surface area (Å²) < 4.78 is 41.9. The van der Waals surface area contributed by atoms with Gasteiger partial charge in [-0.25, -0.2) is 0 Å². The molecule has 2 aromatic carbocycles. The van der Waals surface area contributed by atoms with E-state index in [1.807, 2.05) is 13.0 Å². The third-order valence-corrected chi connectivity index (χ3v) is 4.62. The van der Waals surface area contributed by atoms with Crippen LogP contribution in [0.15, 0.2) is 52.8 Å². The molecule has 31 heavy (non-hydrogen) atoms. The Kier molecular flexibility index (Phi) is 8.76. The normalized spacial score (nSPS) is 11.4. The largest absolute Gasteiger partial charge is 0.492 e. The van der Waals surface area contributed by atoms with E-state index in [1.165, 1.54) is 12.1 Å². The van der Waals surface area contributed by atoms with Crippen molar-refractivity contribution >= 4 is 27.4 Å². The maximum absolute atomic E-state index is 12.6. The molecule has 0 atom stereocenters. The van der Waals surface area contributed by atoms with E-state index >= 15 is 0 Å². The Bertz CT molecular complexity index is 1010. The highest BCUT2D eigenvalue weighted by Crippen LogP contribution is 2.39. The van der Waals surface area contributed by atoms with Gasteiger partial charge in [0.1, 0.15) is 17.2 Å². The number of anilines is 1. The Labute approximate surface area is 181 Å². The third kappa shape index (κ3) is 7.87. The molecule has 168 valence electrons. The molecule has 0 aliphatic rings. The molecule has 0 heterocycles. The zero-order chi connectivity index (χ0) is 22.9. The zero-order valence-electron chi connectivity index (χ0n) is 17.6. The van der Waals surface area contributed by atoms with E-state index in [-0.39, 0.29) is 12.5 Å². The van der Waals surface area contributed by atoms with E-state index in [9.17, 15) is 13.2 Å². The molecule has 2 rings (SSSR count). The van der Waals surface area contributed by atoms with Crippen molar-refractivity contribution in [1.82, 2.24) is 5.01 Å². The average molecular weight is 451 g/mol. The Hall–Kier alpha value is -3.18. The monoisotopic (exact) mass is 450 g/mol. The van der Waals surface area contributed by atoms with Crippen LogP contribution in [-0.2, 0) is 10.1 Å². The highest BCUT2D eigenvalue weighted by Gasteiger charge is 2.16. The number of nitrogens with zero attached hydrogens (tertiary/aromatic N) is 3. The molecule has 0 saturated carbocycles. The van der Waals surface area contributed by atoms with Crippen LogP contribution in [0.3, 0.4) is 0 Å². The minimum atomic E-state index is -4.10. The van der Waals surface area contributed by atoms with Gasteiger partial charge in [-0.05, 0) is 26.0 Å². The van der Waals surface area contributed by atoms with Gasteiger partial charge >= 0.3 is 0 Å². The summed E-state index contributed by atoms with van der Waals surface area (Å²) in [5.74, 6) is -0.0375. The quantitative estimate of drug-likeness (QED) is 0.304. The van der Waals surface area contributed by atoms with E-state index in [2.05, 4.69) is 15.7 Å². The fourth-order valence-electron chi connectivity index (χ4n) is 2.47. The highest BCUT2D eigenvalue weighted by atomic mass is 32.2. The number of benzene rings is 2. The van der Waals surface area contributed by atoms with Crippen molar-refractivity contribution in [2.45, 2.75) is 13.8 Å². The second kappa shape index (κ2) is 11.3. The fourth-order valence-corrected chi connectivity index (χ4v) is 2.97. The Morgan fingerprint density at radius 3 is 2.35 bits per heavy atom. The molecule has 0 aliphatic carbocycles. The molecule has 2 aromatic rings. The Morgan fingerprint density at radius 2 is 1.74 bits per heavy atom. The summed E-state index contributed by atoms with van der Waals surface area (Å²) in [5.41, 5.74) is 1.24. The van der Waals surface area contributed by atoms with Gasteiger partial charge in [-0.1, -0.05) is 23.4 Å². The van der Waals surface area contributed by atoms with E-state index in [1.54, 1.807) is 43.3 Å². The summed E-state index contributed by atoms with van der Waals surface area (Å²) in [4.78, 5) is 12.6. The first-order valence-electron chi connectivity index (χ1n) is 9.61. The van der Waals surface area contributed by atoms with E-state index in [0.29, 0.717) is 41.7 Å². The summed E-state index contributed by atoms with van der Waals surface area (Å²) >= 11 is 0. The van der Waals surface area contributed by atoms with Gasteiger partial charge in [-0.15, -0.1) is 5.11 Å². The molecule has 11 heteroatoms. The van der Waals surface area contributed by atoms with Crippen molar-refractivity contribution in [3.8, 4) is 11.5 Å². The number of amides is 1. The lowest BCUT2D eigenvalue weighted by Crippen LogP contribution is -2.20. The molecular formula is C20H26N4O6S. The number of ether oxygens (including phenoxy) is 2. The van der Waals surface area contributed by atoms with E-state index < -0.39 is 15.9 Å². The second-order valence-electron chi connectivity index (χ2n) is 6.36. The molecule has 0 aliphatic heterocycles. The van der Waals surface area contributed by atoms with Crippen molar-refractivity contribution in [1.29, 1.82) is 0 Å². The standard InChI is InChI=1S/C20H26N4O6S/c1-4-29-18-14-17(22-23-24(3)11-12-31(26,27)28)19(30-5-2)13-16(18)21-20(25)15-9-7-6-8-10-15/h6-10,13-14H,4-5,11-12H2,1-3H3,(H,21,25)(H,26,27,28). The van der Waals surface area contributed by atoms with Crippen LogP contribution in [0.4, 0.5) is 11.4 Å². The van der Waals surface area contributed by atoms with Crippen molar-refractivity contribution in [2.75, 3.05) is 37.9 Å². The molecule has 0 aromatic heterocycles. The summed E-state index contributed by atoms with van der Waals surface area (Å²) in [5, 5.41) is 12.1. The number of hydrogen-bond donors (Lipinski definition) is 2. The van der Waals surface area contributed by atoms with Crippen molar-refractivity contribution in [2.24, 2.45) is 10.3 Å². The van der Waals surface area contributed by atoms with Gasteiger partial charge < -0.3 is 14.8 Å². The molecule has 0 unspecified atom stereocenters. The van der Waals surface area contributed by atoms with Crippen LogP contribution in [0.2, 0.25) is 0 Å². The maximum Gasteiger partial charge on any atom is 0.266 e. The first kappa shape index (κ1) is 24.1. The van der Waals surface area contributed by atoms with Gasteiger partial charge in [-0.3, -0.25) is 14.4 Å². The van der Waals surface area contributed by atoms with E-state index in [0.717, 1.165) is 0 Å². The minimum absolute atomic E-state index is 0.0458. The highest BCUT2D eigenvalue weighted by molar-refractivity contribution is 7.85. The molecule has 0 fully saturated rings. The number of hydrogen-bond acceptors (Lipinski definition) is 7. The molecular weight excluding hydrogens is 424 g/mol. The Balaban J connectivity index is 2.31. The first-order chi connectivity index (χ1) is 14.7. The number of carbonyl (C=O) groups is 1. The number of nitrogens with one attached hydrogen (secondary N) is 1. The molecule has 0 bridgehead atoms. The molecule has 0 saturated heterocycles. The zero-order valence-corrected chi connectivity index (χ0v) is 18.4. The topological polar surface area (TPSA) is 130 Å². The van der Waals surface area contributed by atoms with Gasteiger partial charge in [0.05, 0.1) is 31.2 Å². The van der Waals surface area contributed by atoms with Gasteiger partial charge in [0.15, 0.2) is 0 Å². The lowest BCUT2D eigenvalue weighted by molar-refractivity contribution is 0.102. The minimum Gasteiger partial charge on any atom is -0.492 e. The summed E-state index contributed by atoms with van der Waals surface area (Å²) in [6.07, 6.45) is 0. The molecule has 10 nitrogen and oxygen atoms in total. The maximum atomic E-state index is 12.6. The SMILES string of the molecule is CCOc1cc(NC(=O)c2ccccc2)c(OCC)cc1N=NN(C)CCS(=O)(=O)O. The predicted octanol–water partition coefficient (Wildman–Crippen LogP) is 3.55. The van der Waals surface area contributed by atoms with Crippen molar-refractivity contribution < 1.29 is 27.2 Å². The summed E-state index contributed by atoms with van der Waals surface area (Å²) in [7, 11) is -2.58. The van der Waals surface area contributed by atoms with Gasteiger partial charge in [0.2, 0.25) is 0 Å². The second-order valence-corrected chi connectivity index (χ2v) is 7.93. The summed E-state index contributed by atoms with van der Waals surface area (Å²) in [6.45, 7) is 4.27. The van der Waals surface area contributed by atoms with Crippen LogP contribution >= 0.6 is 0 Å². The van der Waals surface area contributed by atoms with Crippen LogP contribution in [0.1, 0.15) is 24.2 Å². The lowest BCUT2D eigenvalue weighted by Gasteiger charge is -2.16. The molecule has 0 radical (unpaired) electrons. The third-order valence-electron chi connectivity index (χ3n) is 3.92. The Morgan fingerprint density at radius 1 is 1.10 bits per heavy atom. The summed E-state index contributed by atoms with van der Waals surface area (Å²) in [6, 6.07) is 11.9. The molecule has 2 N–H and O–H groups in total. The first-order valence-corrected chi connectivity index (χ1v) is 11.2. The molecule has 1 amide bonds. The lowest BCUT2D eigenvalue weighted by atomic mass is 10.2. The van der Waals surface area contributed by atoms with Crippen LogP contribution in [-0.4, -0.2) is 56.4 Å². The number of carbonyl (C=O) groups excluding carboxylic acids is 1. The number of rotatable bonds is 11. The van der Waals surface area contributed by atoms with Crippen LogP contribution in [0.5, 0.6) is 11.5 Å². The predicted molar refractivity (Wildman–Crippen MR) is 117 cm³/mol. The van der Waals surface area contributed by atoms with Crippen LogP contribution in [0.25, 0.3) is 0 Å². The van der Waals surface area contributed by atoms with E-state index in [4.69, 9.17) is 14.0 Å². The smallest absolute Gasteiger partial charge is 0.266 e. The average Bonchev–Trinajstić information content (AvgIpc) is 2.73. The van der Waals surface area contributed by atoms with Gasteiger partial charge in [0.25, 0.3) is 16.0 Å². The van der Waals surface area contributed by atoms with Crippen LogP contribution in [0, 0.1) is 0 Å². The van der Waals surface area contributed by atoms with Crippen molar-refractivity contribution in [3.05, 3.63) is 48.0 Å². The van der Waals surface area contributed by atoms with Gasteiger partial charge in [0, 0.05) is 24.7 Å². The molecule has 0 spiro atoms. The fraction of sp³-hybridized carbons (Fsp3) is 0.350. The van der Waals surface area contributed by atoms with Crippen LogP contribution < -0.4 is 14.8 Å². The van der Waals surface area contributed by atoms with Crippen molar-refractivity contribution in [3.63, 3.8) is 0 Å². The van der Waals surface area contributed by atoms with Gasteiger partial charge in [-0.2, -0.15) is 8.42 Å².